The van der Waals surface area contributed by atoms with E-state index < -0.39 is 0 Å². The Morgan fingerprint density at radius 2 is 1.74 bits per heavy atom. The van der Waals surface area contributed by atoms with Gasteiger partial charge >= 0.3 is 0 Å². The van der Waals surface area contributed by atoms with Gasteiger partial charge in [-0.25, -0.2) is 9.97 Å². The molecule has 2 aromatic rings. The molecule has 3 rings (SSSR count). The number of rotatable bonds is 1. The van der Waals surface area contributed by atoms with Crippen LogP contribution in [0, 0.1) is 20.8 Å². The number of benzene rings is 1. The summed E-state index contributed by atoms with van der Waals surface area (Å²) in [5, 5.41) is 0. The van der Waals surface area contributed by atoms with Crippen molar-refractivity contribution in [3.8, 4) is 11.4 Å². The molecule has 0 radical (unpaired) electrons. The third kappa shape index (κ3) is 2.10. The molecule has 0 spiro atoms. The Kier molecular flexibility index (Phi) is 2.97. The highest BCUT2D eigenvalue weighted by atomic mass is 32.2. The molecule has 1 aromatic carbocycles. The van der Waals surface area contributed by atoms with E-state index in [1.54, 1.807) is 0 Å². The lowest BCUT2D eigenvalue weighted by Gasteiger charge is -2.11. The quantitative estimate of drug-likeness (QED) is 0.863. The van der Waals surface area contributed by atoms with Crippen molar-refractivity contribution in [3.05, 3.63) is 40.1 Å². The van der Waals surface area contributed by atoms with Crippen LogP contribution in [0.2, 0.25) is 0 Å². The molecule has 0 aliphatic carbocycles. The number of nitrogen functional groups attached to an aromatic ring is 1. The molecule has 0 saturated heterocycles. The molecule has 2 N–H and O–H groups in total. The molecule has 0 saturated carbocycles. The first kappa shape index (κ1) is 12.5. The van der Waals surface area contributed by atoms with Gasteiger partial charge in [0.2, 0.25) is 0 Å². The lowest BCUT2D eigenvalue weighted by atomic mass is 10.00. The summed E-state index contributed by atoms with van der Waals surface area (Å²) in [7, 11) is 0. The van der Waals surface area contributed by atoms with Crippen LogP contribution in [-0.2, 0) is 11.5 Å². The Morgan fingerprint density at radius 3 is 2.53 bits per heavy atom. The smallest absolute Gasteiger partial charge is 0.162 e. The molecule has 1 aliphatic rings. The Labute approximate surface area is 117 Å². The van der Waals surface area contributed by atoms with Crippen molar-refractivity contribution in [2.24, 2.45) is 0 Å². The first-order valence-corrected chi connectivity index (χ1v) is 7.53. The van der Waals surface area contributed by atoms with Crippen LogP contribution in [0.1, 0.15) is 27.9 Å². The zero-order chi connectivity index (χ0) is 13.6. The number of fused-ring (bicyclic) bond motifs is 1. The van der Waals surface area contributed by atoms with Crippen molar-refractivity contribution >= 4 is 17.6 Å². The first-order chi connectivity index (χ1) is 9.06. The Balaban J connectivity index is 2.18. The summed E-state index contributed by atoms with van der Waals surface area (Å²) in [6, 6.07) is 4.35. The van der Waals surface area contributed by atoms with Crippen LogP contribution in [0.15, 0.2) is 12.1 Å². The fourth-order valence-corrected chi connectivity index (χ4v) is 3.45. The van der Waals surface area contributed by atoms with Crippen molar-refractivity contribution in [2.75, 3.05) is 5.73 Å². The van der Waals surface area contributed by atoms with Gasteiger partial charge in [0, 0.05) is 22.6 Å². The van der Waals surface area contributed by atoms with Crippen LogP contribution >= 0.6 is 11.8 Å². The number of thioether (sulfide) groups is 1. The summed E-state index contributed by atoms with van der Waals surface area (Å²) < 4.78 is 0. The molecule has 0 unspecified atom stereocenters. The summed E-state index contributed by atoms with van der Waals surface area (Å²) in [4.78, 5) is 9.20. The van der Waals surface area contributed by atoms with E-state index in [-0.39, 0.29) is 0 Å². The second-order valence-electron chi connectivity index (χ2n) is 5.10. The minimum Gasteiger partial charge on any atom is -0.383 e. The largest absolute Gasteiger partial charge is 0.383 e. The SMILES string of the molecule is Cc1cc(C)c(-c2nc(N)c3c(n2)CSC3)cc1C. The van der Waals surface area contributed by atoms with E-state index in [4.69, 9.17) is 10.7 Å². The van der Waals surface area contributed by atoms with Crippen LogP contribution in [0.4, 0.5) is 5.82 Å². The number of aryl methyl sites for hydroxylation is 3. The predicted molar refractivity (Wildman–Crippen MR) is 81.1 cm³/mol. The molecule has 1 aliphatic heterocycles. The zero-order valence-corrected chi connectivity index (χ0v) is 12.3. The van der Waals surface area contributed by atoms with Gasteiger partial charge < -0.3 is 5.73 Å². The van der Waals surface area contributed by atoms with E-state index in [2.05, 4.69) is 37.9 Å². The van der Waals surface area contributed by atoms with Gasteiger partial charge in [0.15, 0.2) is 5.82 Å². The number of aromatic nitrogens is 2. The topological polar surface area (TPSA) is 51.8 Å². The maximum absolute atomic E-state index is 6.06. The zero-order valence-electron chi connectivity index (χ0n) is 11.4. The predicted octanol–water partition coefficient (Wildman–Crippen LogP) is 3.40. The number of hydrogen-bond acceptors (Lipinski definition) is 4. The van der Waals surface area contributed by atoms with Gasteiger partial charge in [-0.15, -0.1) is 0 Å². The second-order valence-corrected chi connectivity index (χ2v) is 6.09. The van der Waals surface area contributed by atoms with Gasteiger partial charge in [-0.2, -0.15) is 11.8 Å². The Bertz CT molecular complexity index is 665. The highest BCUT2D eigenvalue weighted by Gasteiger charge is 2.19. The molecule has 1 aromatic heterocycles. The molecule has 19 heavy (non-hydrogen) atoms. The van der Waals surface area contributed by atoms with E-state index in [9.17, 15) is 0 Å². The molecule has 3 nitrogen and oxygen atoms in total. The lowest BCUT2D eigenvalue weighted by Crippen LogP contribution is -2.04. The average molecular weight is 271 g/mol. The summed E-state index contributed by atoms with van der Waals surface area (Å²) in [6.45, 7) is 6.34. The number of nitrogens with zero attached hydrogens (tertiary/aromatic N) is 2. The third-order valence-electron chi connectivity index (χ3n) is 3.69. The average Bonchev–Trinajstić information content (AvgIpc) is 2.82. The Morgan fingerprint density at radius 1 is 1.00 bits per heavy atom. The normalized spacial score (nSPS) is 13.6. The van der Waals surface area contributed by atoms with E-state index in [1.165, 1.54) is 16.7 Å². The monoisotopic (exact) mass is 271 g/mol. The molecule has 98 valence electrons. The highest BCUT2D eigenvalue weighted by molar-refractivity contribution is 7.98. The fourth-order valence-electron chi connectivity index (χ4n) is 2.40. The van der Waals surface area contributed by atoms with Crippen LogP contribution in [0.5, 0.6) is 0 Å². The van der Waals surface area contributed by atoms with Crippen LogP contribution in [-0.4, -0.2) is 9.97 Å². The standard InChI is InChI=1S/C15H17N3S/c1-8-4-10(3)11(5-9(8)2)15-17-13-7-19-6-12(13)14(16)18-15/h4-5H,6-7H2,1-3H3,(H2,16,17,18). The van der Waals surface area contributed by atoms with Crippen molar-refractivity contribution in [1.82, 2.24) is 9.97 Å². The number of anilines is 1. The maximum Gasteiger partial charge on any atom is 0.162 e. The maximum atomic E-state index is 6.06. The second kappa shape index (κ2) is 4.53. The summed E-state index contributed by atoms with van der Waals surface area (Å²) in [5.41, 5.74) is 13.1. The van der Waals surface area contributed by atoms with Gasteiger partial charge in [0.25, 0.3) is 0 Å². The number of hydrogen-bond donors (Lipinski definition) is 1. The van der Waals surface area contributed by atoms with Gasteiger partial charge in [0.1, 0.15) is 5.82 Å². The molecule has 4 heteroatoms. The molecule has 0 fully saturated rings. The van der Waals surface area contributed by atoms with Gasteiger partial charge in [-0.05, 0) is 43.5 Å². The van der Waals surface area contributed by atoms with Crippen molar-refractivity contribution < 1.29 is 0 Å². The fraction of sp³-hybridized carbons (Fsp3) is 0.333. The summed E-state index contributed by atoms with van der Waals surface area (Å²) in [6.07, 6.45) is 0. The van der Waals surface area contributed by atoms with Gasteiger partial charge in [-0.3, -0.25) is 0 Å². The van der Waals surface area contributed by atoms with Gasteiger partial charge in [-0.1, -0.05) is 6.07 Å². The van der Waals surface area contributed by atoms with Crippen molar-refractivity contribution in [3.63, 3.8) is 0 Å². The van der Waals surface area contributed by atoms with Crippen molar-refractivity contribution in [1.29, 1.82) is 0 Å². The highest BCUT2D eigenvalue weighted by Crippen LogP contribution is 2.34. The van der Waals surface area contributed by atoms with Crippen LogP contribution in [0.3, 0.4) is 0 Å². The minimum absolute atomic E-state index is 0.641. The van der Waals surface area contributed by atoms with Crippen molar-refractivity contribution in [2.45, 2.75) is 32.3 Å². The number of nitrogens with two attached hydrogens (primary N) is 1. The molecule has 2 heterocycles. The van der Waals surface area contributed by atoms with E-state index >= 15 is 0 Å². The van der Waals surface area contributed by atoms with Crippen LogP contribution < -0.4 is 5.73 Å². The molecular formula is C15H17N3S. The summed E-state index contributed by atoms with van der Waals surface area (Å²) >= 11 is 1.85. The lowest BCUT2D eigenvalue weighted by molar-refractivity contribution is 1.08. The molecule has 0 atom stereocenters. The van der Waals surface area contributed by atoms with E-state index in [0.29, 0.717) is 5.82 Å². The minimum atomic E-state index is 0.641. The van der Waals surface area contributed by atoms with Crippen LogP contribution in [0.25, 0.3) is 11.4 Å². The first-order valence-electron chi connectivity index (χ1n) is 6.37. The molecule has 0 bridgehead atoms. The molecule has 0 amide bonds. The Hall–Kier alpha value is -1.55. The summed E-state index contributed by atoms with van der Waals surface area (Å²) in [5.74, 6) is 3.29. The van der Waals surface area contributed by atoms with Gasteiger partial charge in [0.05, 0.1) is 5.69 Å². The van der Waals surface area contributed by atoms with E-state index in [0.717, 1.165) is 34.2 Å². The third-order valence-corrected chi connectivity index (χ3v) is 4.66. The molecular weight excluding hydrogens is 254 g/mol. The van der Waals surface area contributed by atoms with E-state index in [1.807, 2.05) is 11.8 Å².